The highest BCUT2D eigenvalue weighted by molar-refractivity contribution is 7.90. The van der Waals surface area contributed by atoms with Gasteiger partial charge < -0.3 is 15.2 Å². The first-order valence-electron chi connectivity index (χ1n) is 9.47. The molecule has 0 bridgehead atoms. The number of hydrogen-bond donors (Lipinski definition) is 2. The van der Waals surface area contributed by atoms with Gasteiger partial charge in [-0.2, -0.15) is 13.2 Å². The normalized spacial score (nSPS) is 14.2. The van der Waals surface area contributed by atoms with E-state index in [-0.39, 0.29) is 17.4 Å². The van der Waals surface area contributed by atoms with Crippen LogP contribution in [0.3, 0.4) is 0 Å². The Balaban J connectivity index is 1.49. The lowest BCUT2D eigenvalue weighted by molar-refractivity contribution is -0.141. The molecule has 0 atom stereocenters. The monoisotopic (exact) mass is 465 g/mol. The summed E-state index contributed by atoms with van der Waals surface area (Å²) in [4.78, 5) is 24.1. The van der Waals surface area contributed by atoms with Crippen molar-refractivity contribution in [3.05, 3.63) is 65.2 Å². The average molecular weight is 465 g/mol. The maximum Gasteiger partial charge on any atom is 0.433 e. The van der Waals surface area contributed by atoms with E-state index in [4.69, 9.17) is 0 Å². The van der Waals surface area contributed by atoms with Gasteiger partial charge in [0.25, 0.3) is 5.91 Å². The van der Waals surface area contributed by atoms with Gasteiger partial charge in [-0.05, 0) is 41.8 Å². The third-order valence-electron chi connectivity index (χ3n) is 4.97. The van der Waals surface area contributed by atoms with E-state index in [0.29, 0.717) is 24.3 Å². The van der Waals surface area contributed by atoms with E-state index in [1.165, 1.54) is 12.3 Å². The van der Waals surface area contributed by atoms with Crippen LogP contribution < -0.4 is 5.32 Å². The Labute approximate surface area is 181 Å². The van der Waals surface area contributed by atoms with Crippen LogP contribution in [0.5, 0.6) is 0 Å². The van der Waals surface area contributed by atoms with E-state index in [2.05, 4.69) is 20.3 Å². The van der Waals surface area contributed by atoms with Gasteiger partial charge >= 0.3 is 6.18 Å². The summed E-state index contributed by atoms with van der Waals surface area (Å²) in [5.74, 6) is -0.396. The number of hydrogen-bond acceptors (Lipinski definition) is 6. The molecule has 3 aromatic rings. The highest BCUT2D eigenvalue weighted by Crippen LogP contribution is 2.29. The summed E-state index contributed by atoms with van der Waals surface area (Å²) in [6.07, 6.45) is -0.528. The molecule has 0 saturated heterocycles. The number of amides is 1. The number of rotatable bonds is 4. The molecule has 12 heteroatoms. The van der Waals surface area contributed by atoms with Crippen LogP contribution in [-0.2, 0) is 29.0 Å². The summed E-state index contributed by atoms with van der Waals surface area (Å²) in [5, 5.41) is 2.74. The zero-order chi connectivity index (χ0) is 23.1. The van der Waals surface area contributed by atoms with Crippen LogP contribution in [0.1, 0.15) is 27.3 Å². The Morgan fingerprint density at radius 1 is 1.16 bits per heavy atom. The molecular weight excluding hydrogens is 447 g/mol. The molecule has 1 amide bonds. The molecule has 0 radical (unpaired) electrons. The highest BCUT2D eigenvalue weighted by atomic mass is 32.2. The molecule has 0 spiro atoms. The number of aromatic nitrogens is 3. The second-order valence-electron chi connectivity index (χ2n) is 7.38. The Kier molecular flexibility index (Phi) is 5.41. The zero-order valence-corrected chi connectivity index (χ0v) is 17.6. The Hall–Kier alpha value is -3.41. The van der Waals surface area contributed by atoms with Crippen LogP contribution in [0, 0.1) is 0 Å². The third kappa shape index (κ3) is 4.59. The van der Waals surface area contributed by atoms with Gasteiger partial charge in [0.05, 0.1) is 11.9 Å². The number of H-pyrrole nitrogens is 1. The zero-order valence-electron chi connectivity index (χ0n) is 16.8. The number of aromatic amines is 1. The average Bonchev–Trinajstić information content (AvgIpc) is 3.23. The van der Waals surface area contributed by atoms with Crippen molar-refractivity contribution >= 4 is 27.1 Å². The predicted octanol–water partition coefficient (Wildman–Crippen LogP) is 3.17. The largest absolute Gasteiger partial charge is 0.433 e. The first kappa shape index (κ1) is 21.8. The number of imidazole rings is 1. The lowest BCUT2D eigenvalue weighted by atomic mass is 9.98. The van der Waals surface area contributed by atoms with Gasteiger partial charge in [-0.25, -0.2) is 18.4 Å². The van der Waals surface area contributed by atoms with Gasteiger partial charge in [-0.1, -0.05) is 6.07 Å². The number of anilines is 2. The second-order valence-corrected chi connectivity index (χ2v) is 9.31. The quantitative estimate of drug-likeness (QED) is 0.613. The van der Waals surface area contributed by atoms with Gasteiger partial charge in [-0.3, -0.25) is 4.79 Å². The molecule has 1 aromatic carbocycles. The van der Waals surface area contributed by atoms with E-state index >= 15 is 0 Å². The van der Waals surface area contributed by atoms with Crippen molar-refractivity contribution in [3.63, 3.8) is 0 Å². The third-order valence-corrected chi connectivity index (χ3v) is 5.88. The molecule has 4 rings (SSSR count). The smallest absolute Gasteiger partial charge is 0.354 e. The van der Waals surface area contributed by atoms with Crippen molar-refractivity contribution in [2.75, 3.05) is 18.1 Å². The number of benzene rings is 1. The molecule has 2 aromatic heterocycles. The van der Waals surface area contributed by atoms with Crippen molar-refractivity contribution < 1.29 is 26.4 Å². The minimum Gasteiger partial charge on any atom is -0.354 e. The summed E-state index contributed by atoms with van der Waals surface area (Å²) >= 11 is 0. The number of sulfone groups is 1. The molecule has 1 aliphatic heterocycles. The number of halogens is 3. The number of alkyl halides is 3. The molecule has 3 heterocycles. The fourth-order valence-corrected chi connectivity index (χ4v) is 3.91. The first-order chi connectivity index (χ1) is 15.0. The summed E-state index contributed by atoms with van der Waals surface area (Å²) in [6.45, 7) is 0.735. The number of carbonyl (C=O) groups excluding carboxylic acids is 1. The fraction of sp³-hybridized carbons (Fsp3) is 0.250. The van der Waals surface area contributed by atoms with Crippen LogP contribution in [0.2, 0.25) is 0 Å². The summed E-state index contributed by atoms with van der Waals surface area (Å²) in [6, 6.07) is 7.71. The van der Waals surface area contributed by atoms with E-state index < -0.39 is 27.6 Å². The molecule has 0 fully saturated rings. The SMILES string of the molecule is CS(=O)(=O)c1nc(C(=O)N2CCc3ccc(Nc4ccc(C(F)(F)F)nc4)cc3C2)c[nH]1. The predicted molar refractivity (Wildman–Crippen MR) is 109 cm³/mol. The van der Waals surface area contributed by atoms with Gasteiger partial charge in [0.15, 0.2) is 0 Å². The molecule has 2 N–H and O–H groups in total. The summed E-state index contributed by atoms with van der Waals surface area (Å²) in [5.41, 5.74) is 1.99. The maximum absolute atomic E-state index is 12.8. The highest BCUT2D eigenvalue weighted by Gasteiger charge is 2.32. The Bertz CT molecular complexity index is 1270. The summed E-state index contributed by atoms with van der Waals surface area (Å²) < 4.78 is 61.2. The van der Waals surface area contributed by atoms with Crippen LogP contribution in [-0.4, -0.2) is 47.0 Å². The van der Waals surface area contributed by atoms with Crippen molar-refractivity contribution in [3.8, 4) is 0 Å². The molecule has 0 saturated carbocycles. The lowest BCUT2D eigenvalue weighted by Crippen LogP contribution is -2.36. The number of nitrogens with zero attached hydrogens (tertiary/aromatic N) is 3. The number of carbonyl (C=O) groups is 1. The topological polar surface area (TPSA) is 108 Å². The summed E-state index contributed by atoms with van der Waals surface area (Å²) in [7, 11) is -3.55. The van der Waals surface area contributed by atoms with Crippen LogP contribution in [0.15, 0.2) is 47.9 Å². The van der Waals surface area contributed by atoms with Crippen molar-refractivity contribution in [2.45, 2.75) is 24.3 Å². The number of pyridine rings is 1. The van der Waals surface area contributed by atoms with Crippen molar-refractivity contribution in [1.82, 2.24) is 19.9 Å². The van der Waals surface area contributed by atoms with E-state index in [1.807, 2.05) is 12.1 Å². The van der Waals surface area contributed by atoms with E-state index in [1.54, 1.807) is 11.0 Å². The van der Waals surface area contributed by atoms with Gasteiger partial charge in [-0.15, -0.1) is 0 Å². The molecule has 0 aliphatic carbocycles. The van der Waals surface area contributed by atoms with Crippen LogP contribution in [0.4, 0.5) is 24.5 Å². The molecule has 0 unspecified atom stereocenters. The van der Waals surface area contributed by atoms with Crippen molar-refractivity contribution in [1.29, 1.82) is 0 Å². The molecular formula is C20H18F3N5O3S. The van der Waals surface area contributed by atoms with Crippen LogP contribution >= 0.6 is 0 Å². The van der Waals surface area contributed by atoms with Crippen molar-refractivity contribution in [2.24, 2.45) is 0 Å². The Morgan fingerprint density at radius 2 is 1.91 bits per heavy atom. The first-order valence-corrected chi connectivity index (χ1v) is 11.4. The molecule has 8 nitrogen and oxygen atoms in total. The van der Waals surface area contributed by atoms with Gasteiger partial charge in [0, 0.05) is 31.2 Å². The number of nitrogens with one attached hydrogen (secondary N) is 2. The number of fused-ring (bicyclic) bond motifs is 1. The second kappa shape index (κ2) is 7.93. The molecule has 1 aliphatic rings. The molecule has 32 heavy (non-hydrogen) atoms. The van der Waals surface area contributed by atoms with Gasteiger partial charge in [0.1, 0.15) is 11.4 Å². The lowest BCUT2D eigenvalue weighted by Gasteiger charge is -2.28. The Morgan fingerprint density at radius 3 is 2.53 bits per heavy atom. The molecule has 168 valence electrons. The van der Waals surface area contributed by atoms with E-state index in [9.17, 15) is 26.4 Å². The maximum atomic E-state index is 12.8. The van der Waals surface area contributed by atoms with Crippen LogP contribution in [0.25, 0.3) is 0 Å². The fourth-order valence-electron chi connectivity index (χ4n) is 3.38. The minimum atomic E-state index is -4.50. The minimum absolute atomic E-state index is 0.0129. The van der Waals surface area contributed by atoms with Gasteiger partial charge in [0.2, 0.25) is 15.0 Å². The van der Waals surface area contributed by atoms with E-state index in [0.717, 1.165) is 29.6 Å². The standard InChI is InChI=1S/C20H18F3N5O3S/c1-32(30,31)19-25-10-16(27-19)18(29)28-7-6-12-2-3-14(8-13(12)11-28)26-15-4-5-17(24-9-15)20(21,22)23/h2-5,8-10,26H,6-7,11H2,1H3,(H,25,27).